The topological polar surface area (TPSA) is 97.5 Å². The van der Waals surface area contributed by atoms with Crippen LogP contribution in [0.4, 0.5) is 4.79 Å². The van der Waals surface area contributed by atoms with Gasteiger partial charge in [-0.25, -0.2) is 4.79 Å². The number of alkyl carbamates (subject to hydrolysis) is 1. The van der Waals surface area contributed by atoms with Gasteiger partial charge in [0.25, 0.3) is 0 Å². The van der Waals surface area contributed by atoms with Crippen LogP contribution in [0.5, 0.6) is 0 Å². The number of rotatable bonds is 3. The molecule has 0 spiro atoms. The molecule has 0 aliphatic carbocycles. The molecule has 0 radical (unpaired) electrons. The maximum atomic E-state index is 11.5. The number of amides is 1. The molecule has 1 rings (SSSR count). The van der Waals surface area contributed by atoms with E-state index >= 15 is 0 Å². The van der Waals surface area contributed by atoms with Crippen molar-refractivity contribution in [2.45, 2.75) is 52.4 Å². The number of carbonyl (C=O) groups is 1. The Morgan fingerprint density at radius 3 is 2.50 bits per heavy atom. The molecule has 0 aromatic carbocycles. The van der Waals surface area contributed by atoms with E-state index in [1.807, 2.05) is 0 Å². The van der Waals surface area contributed by atoms with Crippen molar-refractivity contribution in [1.82, 2.24) is 15.5 Å². The normalized spacial score (nSPS) is 15.0. The van der Waals surface area contributed by atoms with Gasteiger partial charge in [-0.2, -0.15) is 0 Å². The molecule has 0 bridgehead atoms. The van der Waals surface area contributed by atoms with Crippen LogP contribution in [0.25, 0.3) is 0 Å². The van der Waals surface area contributed by atoms with Crippen LogP contribution >= 0.6 is 0 Å². The minimum Gasteiger partial charge on any atom is -0.444 e. The van der Waals surface area contributed by atoms with Crippen molar-refractivity contribution in [3.8, 4) is 0 Å². The molecule has 0 fully saturated rings. The monoisotopic (exact) mass is 257 g/mol. The summed E-state index contributed by atoms with van der Waals surface area (Å²) in [6.07, 6.45) is -1.68. The van der Waals surface area contributed by atoms with Gasteiger partial charge >= 0.3 is 6.09 Å². The van der Waals surface area contributed by atoms with Crippen LogP contribution in [0.1, 0.15) is 45.6 Å². The molecule has 0 aliphatic rings. The number of ether oxygens (including phenoxy) is 1. The van der Waals surface area contributed by atoms with Crippen molar-refractivity contribution in [2.75, 3.05) is 0 Å². The third-order valence-corrected chi connectivity index (χ3v) is 2.01. The summed E-state index contributed by atoms with van der Waals surface area (Å²) in [7, 11) is 0. The third-order valence-electron chi connectivity index (χ3n) is 2.01. The third kappa shape index (κ3) is 4.33. The molecule has 7 heteroatoms. The molecule has 0 saturated heterocycles. The minimum absolute atomic E-state index is 0.0658. The molecule has 1 aromatic heterocycles. The van der Waals surface area contributed by atoms with Crippen molar-refractivity contribution in [2.24, 2.45) is 0 Å². The Morgan fingerprint density at radius 2 is 2.06 bits per heavy atom. The van der Waals surface area contributed by atoms with Gasteiger partial charge in [0.15, 0.2) is 6.10 Å². The number of hydrogen-bond acceptors (Lipinski definition) is 6. The summed E-state index contributed by atoms with van der Waals surface area (Å²) in [5.41, 5.74) is -0.587. The fourth-order valence-corrected chi connectivity index (χ4v) is 1.22. The highest BCUT2D eigenvalue weighted by molar-refractivity contribution is 5.68. The van der Waals surface area contributed by atoms with E-state index in [0.29, 0.717) is 5.89 Å². The van der Waals surface area contributed by atoms with Crippen LogP contribution in [-0.2, 0) is 4.74 Å². The van der Waals surface area contributed by atoms with E-state index in [4.69, 9.17) is 9.15 Å². The van der Waals surface area contributed by atoms with E-state index in [0.717, 1.165) is 0 Å². The Balaban J connectivity index is 2.55. The Kier molecular flexibility index (Phi) is 4.28. The van der Waals surface area contributed by atoms with Crippen molar-refractivity contribution >= 4 is 6.09 Å². The van der Waals surface area contributed by atoms with Gasteiger partial charge in [-0.05, 0) is 27.7 Å². The first-order chi connectivity index (χ1) is 8.19. The van der Waals surface area contributed by atoms with Crippen LogP contribution in [0.3, 0.4) is 0 Å². The van der Waals surface area contributed by atoms with Gasteiger partial charge in [-0.15, -0.1) is 10.2 Å². The van der Waals surface area contributed by atoms with Crippen LogP contribution in [-0.4, -0.2) is 33.0 Å². The van der Waals surface area contributed by atoms with Gasteiger partial charge in [-0.1, -0.05) is 0 Å². The fourth-order valence-electron chi connectivity index (χ4n) is 1.22. The van der Waals surface area contributed by atoms with Gasteiger partial charge in [0.1, 0.15) is 5.60 Å². The summed E-state index contributed by atoms with van der Waals surface area (Å²) in [5, 5.41) is 19.7. The summed E-state index contributed by atoms with van der Waals surface area (Å²) >= 11 is 0. The van der Waals surface area contributed by atoms with Crippen molar-refractivity contribution < 1.29 is 19.1 Å². The zero-order valence-corrected chi connectivity index (χ0v) is 11.2. The van der Waals surface area contributed by atoms with E-state index in [-0.39, 0.29) is 5.89 Å². The molecule has 1 heterocycles. The number of hydrogen-bond donors (Lipinski definition) is 2. The summed E-state index contributed by atoms with van der Waals surface area (Å²) < 4.78 is 10.2. The standard InChI is InChI=1S/C11H19N3O4/c1-6(12-10(16)18-11(3,4)5)8(15)9-14-13-7(2)17-9/h6,8,15H,1-5H3,(H,12,16)/t6-,8?/m0/s1. The van der Waals surface area contributed by atoms with Crippen molar-refractivity contribution in [1.29, 1.82) is 0 Å². The number of aliphatic hydroxyl groups is 1. The molecule has 0 saturated carbocycles. The molecule has 1 amide bonds. The lowest BCUT2D eigenvalue weighted by Gasteiger charge is -2.23. The number of nitrogens with zero attached hydrogens (tertiary/aromatic N) is 2. The summed E-state index contributed by atoms with van der Waals surface area (Å²) in [6.45, 7) is 8.52. The van der Waals surface area contributed by atoms with E-state index in [9.17, 15) is 9.90 Å². The summed E-state index contributed by atoms with van der Waals surface area (Å²) in [6, 6.07) is -0.598. The quantitative estimate of drug-likeness (QED) is 0.847. The van der Waals surface area contributed by atoms with Gasteiger partial charge < -0.3 is 19.6 Å². The van der Waals surface area contributed by atoms with E-state index in [1.165, 1.54) is 0 Å². The van der Waals surface area contributed by atoms with Crippen molar-refractivity contribution in [3.05, 3.63) is 11.8 Å². The molecule has 102 valence electrons. The van der Waals surface area contributed by atoms with Gasteiger partial charge in [0.2, 0.25) is 11.8 Å². The second-order valence-electron chi connectivity index (χ2n) is 5.04. The van der Waals surface area contributed by atoms with Crippen molar-refractivity contribution in [3.63, 3.8) is 0 Å². The minimum atomic E-state index is -1.07. The molecule has 1 unspecified atom stereocenters. The van der Waals surface area contributed by atoms with E-state index in [1.54, 1.807) is 34.6 Å². The van der Waals surface area contributed by atoms with Crippen LogP contribution in [0, 0.1) is 6.92 Å². The van der Waals surface area contributed by atoms with Crippen LogP contribution in [0.15, 0.2) is 4.42 Å². The molecule has 18 heavy (non-hydrogen) atoms. The predicted molar refractivity (Wildman–Crippen MR) is 62.8 cm³/mol. The average molecular weight is 257 g/mol. The first kappa shape index (κ1) is 14.4. The number of carbonyl (C=O) groups excluding carboxylic acids is 1. The lowest BCUT2D eigenvalue weighted by Crippen LogP contribution is -2.40. The second kappa shape index (κ2) is 5.34. The Labute approximate surface area is 106 Å². The largest absolute Gasteiger partial charge is 0.444 e. The zero-order valence-electron chi connectivity index (χ0n) is 11.2. The lowest BCUT2D eigenvalue weighted by atomic mass is 10.2. The first-order valence-corrected chi connectivity index (χ1v) is 5.66. The maximum absolute atomic E-state index is 11.5. The highest BCUT2D eigenvalue weighted by Crippen LogP contribution is 2.15. The smallest absolute Gasteiger partial charge is 0.407 e. The second-order valence-corrected chi connectivity index (χ2v) is 5.04. The van der Waals surface area contributed by atoms with E-state index < -0.39 is 23.8 Å². The van der Waals surface area contributed by atoms with Gasteiger partial charge in [0.05, 0.1) is 6.04 Å². The molecular weight excluding hydrogens is 238 g/mol. The van der Waals surface area contributed by atoms with E-state index in [2.05, 4.69) is 15.5 Å². The Bertz CT molecular complexity index is 411. The summed E-state index contributed by atoms with van der Waals surface area (Å²) in [5.74, 6) is 0.421. The Morgan fingerprint density at radius 1 is 1.44 bits per heavy atom. The molecule has 2 N–H and O–H groups in total. The van der Waals surface area contributed by atoms with Crippen LogP contribution < -0.4 is 5.32 Å². The summed E-state index contributed by atoms with van der Waals surface area (Å²) in [4.78, 5) is 11.5. The molecule has 2 atom stereocenters. The SMILES string of the molecule is Cc1nnc(C(O)[C@H](C)NC(=O)OC(C)(C)C)o1. The zero-order chi connectivity index (χ0) is 13.9. The van der Waals surface area contributed by atoms with Crippen LogP contribution in [0.2, 0.25) is 0 Å². The number of aliphatic hydroxyl groups excluding tert-OH is 1. The fraction of sp³-hybridized carbons (Fsp3) is 0.727. The predicted octanol–water partition coefficient (Wildman–Crippen LogP) is 1.32. The van der Waals surface area contributed by atoms with Gasteiger partial charge in [-0.3, -0.25) is 0 Å². The molecular formula is C11H19N3O4. The number of nitrogens with one attached hydrogen (secondary N) is 1. The number of aryl methyl sites for hydroxylation is 1. The number of aromatic nitrogens is 2. The Hall–Kier alpha value is -1.63. The highest BCUT2D eigenvalue weighted by Gasteiger charge is 2.25. The molecule has 1 aromatic rings. The molecule has 7 nitrogen and oxygen atoms in total. The van der Waals surface area contributed by atoms with Gasteiger partial charge in [0, 0.05) is 6.92 Å². The molecule has 0 aliphatic heterocycles. The lowest BCUT2D eigenvalue weighted by molar-refractivity contribution is 0.0407. The average Bonchev–Trinajstić information content (AvgIpc) is 2.60. The first-order valence-electron chi connectivity index (χ1n) is 5.66. The highest BCUT2D eigenvalue weighted by atomic mass is 16.6. The maximum Gasteiger partial charge on any atom is 0.407 e.